The van der Waals surface area contributed by atoms with E-state index in [-0.39, 0.29) is 31.4 Å². The number of ether oxygens (including phenoxy) is 1. The molecule has 1 aliphatic heterocycles. The van der Waals surface area contributed by atoms with Gasteiger partial charge in [-0.2, -0.15) is 0 Å². The van der Waals surface area contributed by atoms with Gasteiger partial charge in [-0.25, -0.2) is 19.2 Å². The average Bonchev–Trinajstić information content (AvgIpc) is 3.20. The highest BCUT2D eigenvalue weighted by Gasteiger charge is 2.27. The van der Waals surface area contributed by atoms with Crippen LogP contribution in [0.4, 0.5) is 20.1 Å². The van der Waals surface area contributed by atoms with Crippen molar-refractivity contribution < 1.29 is 23.8 Å². The van der Waals surface area contributed by atoms with Crippen LogP contribution in [0.2, 0.25) is 0 Å². The van der Waals surface area contributed by atoms with Crippen LogP contribution in [0.5, 0.6) is 11.5 Å². The van der Waals surface area contributed by atoms with Crippen molar-refractivity contribution in [3.05, 3.63) is 57.9 Å². The van der Waals surface area contributed by atoms with Gasteiger partial charge in [-0.05, 0) is 40.2 Å². The van der Waals surface area contributed by atoms with Crippen molar-refractivity contribution in [3.63, 3.8) is 0 Å². The number of thiazole rings is 1. The minimum atomic E-state index is -1.10. The summed E-state index contributed by atoms with van der Waals surface area (Å²) in [6.45, 7) is 0.715. The summed E-state index contributed by atoms with van der Waals surface area (Å²) in [5.41, 5.74) is 0.674. The predicted octanol–water partition coefficient (Wildman–Crippen LogP) is 4.30. The third-order valence-corrected chi connectivity index (χ3v) is 5.82. The topological polar surface area (TPSA) is 108 Å². The molecule has 3 aromatic rings. The fourth-order valence-corrected chi connectivity index (χ4v) is 4.01. The van der Waals surface area contributed by atoms with Gasteiger partial charge in [0.15, 0.2) is 16.7 Å². The van der Waals surface area contributed by atoms with Crippen LogP contribution in [0.25, 0.3) is 0 Å². The number of piperazine rings is 1. The number of rotatable bonds is 6. The van der Waals surface area contributed by atoms with Crippen molar-refractivity contribution in [3.8, 4) is 11.5 Å². The van der Waals surface area contributed by atoms with Gasteiger partial charge in [-0.3, -0.25) is 9.69 Å². The molecular weight excluding hydrogens is 505 g/mol. The van der Waals surface area contributed by atoms with Crippen molar-refractivity contribution in [2.45, 2.75) is 6.54 Å². The Balaban J connectivity index is 1.44. The minimum Gasteiger partial charge on any atom is -0.465 e. The lowest BCUT2D eigenvalue weighted by Gasteiger charge is -2.32. The number of hydrogen-bond donors (Lipinski definition) is 2. The number of carbonyl (C=O) groups is 2. The van der Waals surface area contributed by atoms with Crippen LogP contribution in [0.1, 0.15) is 5.69 Å². The Labute approximate surface area is 194 Å². The Morgan fingerprint density at radius 1 is 1.31 bits per heavy atom. The lowest BCUT2D eigenvalue weighted by Crippen LogP contribution is -2.51. The Morgan fingerprint density at radius 2 is 2.09 bits per heavy atom. The lowest BCUT2D eigenvalue weighted by atomic mass is 10.3. The number of aromatic nitrogens is 2. The van der Waals surface area contributed by atoms with Gasteiger partial charge in [0.1, 0.15) is 18.1 Å². The summed E-state index contributed by atoms with van der Waals surface area (Å²) < 4.78 is 19.7. The van der Waals surface area contributed by atoms with Crippen LogP contribution < -0.4 is 10.1 Å². The maximum absolute atomic E-state index is 13.2. The summed E-state index contributed by atoms with van der Waals surface area (Å²) in [7, 11) is 0. The van der Waals surface area contributed by atoms with Gasteiger partial charge in [0, 0.05) is 35.2 Å². The summed E-state index contributed by atoms with van der Waals surface area (Å²) in [6.07, 6.45) is 0.508. The van der Waals surface area contributed by atoms with Crippen LogP contribution >= 0.6 is 27.3 Å². The van der Waals surface area contributed by atoms with Gasteiger partial charge >= 0.3 is 6.09 Å². The number of nitrogens with zero attached hydrogens (tertiary/aromatic N) is 4. The monoisotopic (exact) mass is 521 g/mol. The molecule has 3 heterocycles. The number of carboxylic acid groups (broad SMARTS) is 1. The molecule has 2 N–H and O–H groups in total. The van der Waals surface area contributed by atoms with Gasteiger partial charge in [-0.15, -0.1) is 11.3 Å². The molecule has 0 spiro atoms. The molecule has 0 atom stereocenters. The van der Waals surface area contributed by atoms with Crippen molar-refractivity contribution >= 4 is 50.2 Å². The molecular formula is C20H17BrFN5O4S. The summed E-state index contributed by atoms with van der Waals surface area (Å²) in [4.78, 5) is 34.7. The number of pyridine rings is 1. The van der Waals surface area contributed by atoms with E-state index in [1.54, 1.807) is 17.2 Å². The molecule has 1 fully saturated rings. The van der Waals surface area contributed by atoms with Crippen LogP contribution in [0.15, 0.2) is 46.4 Å². The molecule has 4 rings (SSSR count). The minimum absolute atomic E-state index is 0.155. The van der Waals surface area contributed by atoms with Crippen LogP contribution in [-0.4, -0.2) is 56.5 Å². The largest absolute Gasteiger partial charge is 0.465 e. The zero-order valence-corrected chi connectivity index (χ0v) is 18.9. The van der Waals surface area contributed by atoms with Gasteiger partial charge in [-0.1, -0.05) is 0 Å². The van der Waals surface area contributed by atoms with Gasteiger partial charge < -0.3 is 20.1 Å². The van der Waals surface area contributed by atoms with E-state index in [9.17, 15) is 14.0 Å². The summed E-state index contributed by atoms with van der Waals surface area (Å²) in [5.74, 6) is 0.674. The Hall–Kier alpha value is -3.25. The van der Waals surface area contributed by atoms with E-state index >= 15 is 0 Å². The molecule has 9 nitrogen and oxygen atoms in total. The van der Waals surface area contributed by atoms with Crippen molar-refractivity contribution in [1.82, 2.24) is 19.8 Å². The Kier molecular flexibility index (Phi) is 6.51. The second kappa shape index (κ2) is 9.49. The van der Waals surface area contributed by atoms with Crippen LogP contribution in [-0.2, 0) is 11.3 Å². The second-order valence-electron chi connectivity index (χ2n) is 6.84. The molecule has 0 radical (unpaired) electrons. The average molecular weight is 522 g/mol. The van der Waals surface area contributed by atoms with Crippen LogP contribution in [0, 0.1) is 5.82 Å². The normalized spacial score (nSPS) is 13.9. The SMILES string of the molecule is O=C(O)N1CCN(Cc2csc(Nc3ncc(Br)cc3Oc3ccc(F)cc3)n2)C(=O)C1. The van der Waals surface area contributed by atoms with E-state index in [4.69, 9.17) is 9.84 Å². The molecule has 0 bridgehead atoms. The molecule has 2 amide bonds. The van der Waals surface area contributed by atoms with E-state index < -0.39 is 6.09 Å². The lowest BCUT2D eigenvalue weighted by molar-refractivity contribution is -0.135. The smallest absolute Gasteiger partial charge is 0.407 e. The Morgan fingerprint density at radius 3 is 2.81 bits per heavy atom. The van der Waals surface area contributed by atoms with E-state index in [1.165, 1.54) is 35.6 Å². The fraction of sp³-hybridized carbons (Fsp3) is 0.200. The standard InChI is InChI=1S/C20H17BrFN5O4S/c21-12-7-16(31-15-3-1-13(22)2-4-15)18(23-8-12)25-19-24-14(11-32-19)9-26-5-6-27(20(29)30)10-17(26)28/h1-4,7-8,11H,5-6,9-10H2,(H,29,30)(H,23,24,25). The first-order valence-corrected chi connectivity index (χ1v) is 11.1. The molecule has 12 heteroatoms. The van der Waals surface area contributed by atoms with E-state index in [1.807, 2.05) is 5.38 Å². The maximum atomic E-state index is 13.2. The molecule has 0 saturated carbocycles. The quantitative estimate of drug-likeness (QED) is 0.497. The highest BCUT2D eigenvalue weighted by Crippen LogP contribution is 2.33. The first kappa shape index (κ1) is 22.0. The Bertz CT molecular complexity index is 1140. The predicted molar refractivity (Wildman–Crippen MR) is 119 cm³/mol. The molecule has 0 unspecified atom stereocenters. The zero-order valence-electron chi connectivity index (χ0n) is 16.5. The number of benzene rings is 1. The first-order chi connectivity index (χ1) is 15.4. The van der Waals surface area contributed by atoms with Gasteiger partial charge in [0.2, 0.25) is 5.91 Å². The van der Waals surface area contributed by atoms with Crippen LogP contribution in [0.3, 0.4) is 0 Å². The van der Waals surface area contributed by atoms with Gasteiger partial charge in [0.05, 0.1) is 12.2 Å². The number of hydrogen-bond acceptors (Lipinski definition) is 7. The number of halogens is 2. The summed E-state index contributed by atoms with van der Waals surface area (Å²) in [6, 6.07) is 7.37. The third kappa shape index (κ3) is 5.32. The highest BCUT2D eigenvalue weighted by molar-refractivity contribution is 9.10. The fourth-order valence-electron chi connectivity index (χ4n) is 2.99. The highest BCUT2D eigenvalue weighted by atomic mass is 79.9. The third-order valence-electron chi connectivity index (χ3n) is 4.58. The number of carbonyl (C=O) groups excluding carboxylic acids is 1. The molecule has 1 aromatic carbocycles. The van der Waals surface area contributed by atoms with E-state index in [0.717, 1.165) is 4.90 Å². The summed E-state index contributed by atoms with van der Waals surface area (Å²) in [5, 5.41) is 14.5. The number of amides is 2. The van der Waals surface area contributed by atoms with Crippen molar-refractivity contribution in [2.75, 3.05) is 25.0 Å². The van der Waals surface area contributed by atoms with E-state index in [2.05, 4.69) is 31.2 Å². The van der Waals surface area contributed by atoms with Crippen molar-refractivity contribution in [1.29, 1.82) is 0 Å². The summed E-state index contributed by atoms with van der Waals surface area (Å²) >= 11 is 4.70. The number of nitrogens with one attached hydrogen (secondary N) is 1. The second-order valence-corrected chi connectivity index (χ2v) is 8.62. The molecule has 1 saturated heterocycles. The van der Waals surface area contributed by atoms with E-state index in [0.29, 0.717) is 39.2 Å². The molecule has 1 aliphatic rings. The molecule has 166 valence electrons. The molecule has 0 aliphatic carbocycles. The van der Waals surface area contributed by atoms with Gasteiger partial charge in [0.25, 0.3) is 0 Å². The molecule has 32 heavy (non-hydrogen) atoms. The first-order valence-electron chi connectivity index (χ1n) is 9.43. The van der Waals surface area contributed by atoms with Crippen molar-refractivity contribution in [2.24, 2.45) is 0 Å². The maximum Gasteiger partial charge on any atom is 0.407 e. The number of anilines is 2. The zero-order chi connectivity index (χ0) is 22.7. The molecule has 2 aromatic heterocycles.